The minimum absolute atomic E-state index is 0.0206. The molecule has 5 heteroatoms. The van der Waals surface area contributed by atoms with E-state index in [2.05, 4.69) is 26.1 Å². The van der Waals surface area contributed by atoms with E-state index >= 15 is 0 Å². The highest BCUT2D eigenvalue weighted by atomic mass is 16.4. The molecule has 1 saturated heterocycles. The van der Waals surface area contributed by atoms with Crippen molar-refractivity contribution in [2.75, 3.05) is 13.1 Å². The quantitative estimate of drug-likeness (QED) is 0.816. The number of aliphatic carboxylic acids is 1. The van der Waals surface area contributed by atoms with Gasteiger partial charge >= 0.3 is 12.0 Å². The first-order valence-corrected chi connectivity index (χ1v) is 7.55. The number of rotatable bonds is 2. The van der Waals surface area contributed by atoms with Crippen LogP contribution in [0, 0.1) is 17.3 Å². The number of carbonyl (C=O) groups is 2. The normalized spacial score (nSPS) is 30.6. The lowest BCUT2D eigenvalue weighted by Gasteiger charge is -2.27. The predicted molar refractivity (Wildman–Crippen MR) is 76.4 cm³/mol. The van der Waals surface area contributed by atoms with Crippen molar-refractivity contribution in [2.24, 2.45) is 17.3 Å². The molecule has 0 radical (unpaired) electrons. The summed E-state index contributed by atoms with van der Waals surface area (Å²) in [6.07, 6.45) is 3.07. The maximum atomic E-state index is 12.2. The van der Waals surface area contributed by atoms with Crippen LogP contribution >= 0.6 is 0 Å². The Labute approximate surface area is 120 Å². The number of likely N-dealkylation sites (tertiary alicyclic amines) is 1. The van der Waals surface area contributed by atoms with Crippen LogP contribution in [0.2, 0.25) is 0 Å². The third-order valence-corrected chi connectivity index (χ3v) is 4.81. The van der Waals surface area contributed by atoms with Gasteiger partial charge in [0, 0.05) is 19.1 Å². The van der Waals surface area contributed by atoms with Gasteiger partial charge in [0.2, 0.25) is 0 Å². The van der Waals surface area contributed by atoms with Crippen molar-refractivity contribution in [1.82, 2.24) is 10.2 Å². The maximum absolute atomic E-state index is 12.2. The number of urea groups is 1. The lowest BCUT2D eigenvalue weighted by atomic mass is 9.80. The van der Waals surface area contributed by atoms with Crippen molar-refractivity contribution in [3.05, 3.63) is 0 Å². The van der Waals surface area contributed by atoms with Crippen LogP contribution in [0.15, 0.2) is 0 Å². The number of carbonyl (C=O) groups excluding carboxylic acids is 1. The van der Waals surface area contributed by atoms with Crippen molar-refractivity contribution in [2.45, 2.75) is 52.5 Å². The van der Waals surface area contributed by atoms with Crippen LogP contribution in [0.1, 0.15) is 46.5 Å². The summed E-state index contributed by atoms with van der Waals surface area (Å²) in [5.41, 5.74) is 0.233. The molecule has 2 fully saturated rings. The molecule has 114 valence electrons. The Morgan fingerprint density at radius 3 is 2.40 bits per heavy atom. The molecule has 2 rings (SSSR count). The molecule has 2 N–H and O–H groups in total. The number of amides is 2. The number of carboxylic acids is 1. The molecule has 1 aliphatic carbocycles. The van der Waals surface area contributed by atoms with Crippen molar-refractivity contribution < 1.29 is 14.7 Å². The number of hydrogen-bond acceptors (Lipinski definition) is 2. The minimum atomic E-state index is -0.740. The van der Waals surface area contributed by atoms with E-state index in [1.807, 2.05) is 4.90 Å². The van der Waals surface area contributed by atoms with Gasteiger partial charge in [-0.2, -0.15) is 0 Å². The molecule has 0 bridgehead atoms. The first-order chi connectivity index (χ1) is 9.27. The molecule has 0 aromatic rings. The summed E-state index contributed by atoms with van der Waals surface area (Å²) in [7, 11) is 0. The Balaban J connectivity index is 1.81. The van der Waals surface area contributed by atoms with Crippen molar-refractivity contribution in [1.29, 1.82) is 0 Å². The van der Waals surface area contributed by atoms with E-state index in [0.29, 0.717) is 18.8 Å². The summed E-state index contributed by atoms with van der Waals surface area (Å²) in [5.74, 6) is -0.486. The number of nitrogens with one attached hydrogen (secondary N) is 1. The third kappa shape index (κ3) is 3.44. The monoisotopic (exact) mass is 282 g/mol. The summed E-state index contributed by atoms with van der Waals surface area (Å²) >= 11 is 0. The summed E-state index contributed by atoms with van der Waals surface area (Å²) in [5, 5.41) is 12.0. The molecule has 1 saturated carbocycles. The molecule has 3 atom stereocenters. The lowest BCUT2D eigenvalue weighted by Crippen LogP contribution is -2.43. The first-order valence-electron chi connectivity index (χ1n) is 7.55. The fraction of sp³-hybridized carbons (Fsp3) is 0.867. The molecule has 2 amide bonds. The average molecular weight is 282 g/mol. The minimum Gasteiger partial charge on any atom is -0.481 e. The molecular formula is C15H26N2O3. The highest BCUT2D eigenvalue weighted by molar-refractivity contribution is 5.75. The van der Waals surface area contributed by atoms with Crippen LogP contribution in [0.25, 0.3) is 0 Å². The SMILES string of the molecule is CC(C)(C)C1CCN(C(=O)N[C@H]2CC[C@@H](C(=O)O)C2)C1. The van der Waals surface area contributed by atoms with Crippen molar-refractivity contribution in [3.63, 3.8) is 0 Å². The number of nitrogens with zero attached hydrogens (tertiary/aromatic N) is 1. The molecule has 1 unspecified atom stereocenters. The molecule has 1 aliphatic heterocycles. The number of hydrogen-bond donors (Lipinski definition) is 2. The second kappa shape index (κ2) is 5.62. The van der Waals surface area contributed by atoms with E-state index in [1.54, 1.807) is 0 Å². The Morgan fingerprint density at radius 2 is 1.90 bits per heavy atom. The smallest absolute Gasteiger partial charge is 0.317 e. The van der Waals surface area contributed by atoms with E-state index in [4.69, 9.17) is 5.11 Å². The highest BCUT2D eigenvalue weighted by Gasteiger charge is 2.36. The average Bonchev–Trinajstić information content (AvgIpc) is 2.95. The number of carboxylic acid groups (broad SMARTS) is 1. The van der Waals surface area contributed by atoms with Crippen LogP contribution in [-0.4, -0.2) is 41.1 Å². The highest BCUT2D eigenvalue weighted by Crippen LogP contribution is 2.33. The summed E-state index contributed by atoms with van der Waals surface area (Å²) in [6.45, 7) is 8.27. The predicted octanol–water partition coefficient (Wildman–Crippen LogP) is 2.32. The third-order valence-electron chi connectivity index (χ3n) is 4.81. The largest absolute Gasteiger partial charge is 0.481 e. The molecule has 1 heterocycles. The molecular weight excluding hydrogens is 256 g/mol. The summed E-state index contributed by atoms with van der Waals surface area (Å²) in [4.78, 5) is 25.0. The van der Waals surface area contributed by atoms with Gasteiger partial charge in [-0.15, -0.1) is 0 Å². The van der Waals surface area contributed by atoms with Crippen LogP contribution < -0.4 is 5.32 Å². The van der Waals surface area contributed by atoms with Gasteiger partial charge in [-0.1, -0.05) is 20.8 Å². The zero-order valence-electron chi connectivity index (χ0n) is 12.7. The van der Waals surface area contributed by atoms with Gasteiger partial charge in [0.05, 0.1) is 5.92 Å². The Bertz CT molecular complexity index is 389. The fourth-order valence-corrected chi connectivity index (χ4v) is 3.25. The lowest BCUT2D eigenvalue weighted by molar-refractivity contribution is -0.141. The topological polar surface area (TPSA) is 69.6 Å². The zero-order chi connectivity index (χ0) is 14.9. The van der Waals surface area contributed by atoms with Gasteiger partial charge in [0.15, 0.2) is 0 Å². The van der Waals surface area contributed by atoms with E-state index < -0.39 is 5.97 Å². The van der Waals surface area contributed by atoms with Crippen molar-refractivity contribution >= 4 is 12.0 Å². The standard InChI is InChI=1S/C15H26N2O3/c1-15(2,3)11-6-7-17(9-11)14(20)16-12-5-4-10(8-12)13(18)19/h10-12H,4-9H2,1-3H3,(H,16,20)(H,18,19)/t10-,11?,12+/m1/s1. The Morgan fingerprint density at radius 1 is 1.20 bits per heavy atom. The Kier molecular flexibility index (Phi) is 4.25. The molecule has 0 spiro atoms. The van der Waals surface area contributed by atoms with E-state index in [-0.39, 0.29) is 23.4 Å². The summed E-state index contributed by atoms with van der Waals surface area (Å²) in [6, 6.07) is 0.00470. The van der Waals surface area contributed by atoms with Crippen LogP contribution in [0.4, 0.5) is 4.79 Å². The van der Waals surface area contributed by atoms with E-state index in [1.165, 1.54) is 0 Å². The Hall–Kier alpha value is -1.26. The van der Waals surface area contributed by atoms with Crippen LogP contribution in [0.5, 0.6) is 0 Å². The first kappa shape index (κ1) is 15.1. The second-order valence-corrected chi connectivity index (χ2v) is 7.29. The molecule has 0 aromatic heterocycles. The van der Waals surface area contributed by atoms with Gasteiger partial charge in [0.1, 0.15) is 0 Å². The van der Waals surface area contributed by atoms with Crippen molar-refractivity contribution in [3.8, 4) is 0 Å². The van der Waals surface area contributed by atoms with Gasteiger partial charge in [-0.05, 0) is 37.0 Å². The fourth-order valence-electron chi connectivity index (χ4n) is 3.25. The maximum Gasteiger partial charge on any atom is 0.317 e. The molecule has 2 aliphatic rings. The summed E-state index contributed by atoms with van der Waals surface area (Å²) < 4.78 is 0. The zero-order valence-corrected chi connectivity index (χ0v) is 12.7. The van der Waals surface area contributed by atoms with Crippen LogP contribution in [-0.2, 0) is 4.79 Å². The second-order valence-electron chi connectivity index (χ2n) is 7.29. The molecule has 20 heavy (non-hydrogen) atoms. The van der Waals surface area contributed by atoms with Gasteiger partial charge in [0.25, 0.3) is 0 Å². The van der Waals surface area contributed by atoms with Gasteiger partial charge in [-0.25, -0.2) is 4.79 Å². The van der Waals surface area contributed by atoms with Crippen LogP contribution in [0.3, 0.4) is 0 Å². The van der Waals surface area contributed by atoms with Gasteiger partial charge < -0.3 is 15.3 Å². The van der Waals surface area contributed by atoms with E-state index in [9.17, 15) is 9.59 Å². The van der Waals surface area contributed by atoms with Gasteiger partial charge in [-0.3, -0.25) is 4.79 Å². The molecule has 0 aromatic carbocycles. The van der Waals surface area contributed by atoms with E-state index in [0.717, 1.165) is 25.9 Å². The molecule has 5 nitrogen and oxygen atoms in total.